The summed E-state index contributed by atoms with van der Waals surface area (Å²) >= 11 is 3.45. The topological polar surface area (TPSA) is 30.2 Å². The van der Waals surface area contributed by atoms with Gasteiger partial charge in [-0.05, 0) is 28.9 Å². The van der Waals surface area contributed by atoms with Crippen molar-refractivity contribution in [2.45, 2.75) is 13.3 Å². The van der Waals surface area contributed by atoms with Gasteiger partial charge >= 0.3 is 0 Å². The largest absolute Gasteiger partial charge is 0.460 e. The van der Waals surface area contributed by atoms with Crippen LogP contribution in [0.2, 0.25) is 0 Å². The molecule has 1 aromatic carbocycles. The second-order valence-corrected chi connectivity index (χ2v) is 3.93. The number of aldehydes is 1. The number of para-hydroxylation sites is 1. The van der Waals surface area contributed by atoms with E-state index in [1.54, 1.807) is 0 Å². The highest BCUT2D eigenvalue weighted by Crippen LogP contribution is 2.32. The summed E-state index contributed by atoms with van der Waals surface area (Å²) in [5.41, 5.74) is 1.75. The van der Waals surface area contributed by atoms with Crippen molar-refractivity contribution in [3.63, 3.8) is 0 Å². The first kappa shape index (κ1) is 9.46. The van der Waals surface area contributed by atoms with Crippen LogP contribution in [-0.2, 0) is 11.2 Å². The fourth-order valence-electron chi connectivity index (χ4n) is 1.52. The van der Waals surface area contributed by atoms with Gasteiger partial charge in [0.1, 0.15) is 17.6 Å². The molecule has 0 unspecified atom stereocenters. The molecule has 0 aliphatic carbocycles. The molecule has 0 saturated heterocycles. The van der Waals surface area contributed by atoms with Gasteiger partial charge in [0, 0.05) is 17.4 Å². The van der Waals surface area contributed by atoms with Crippen LogP contribution in [0, 0.1) is 6.92 Å². The van der Waals surface area contributed by atoms with Crippen molar-refractivity contribution in [1.29, 1.82) is 0 Å². The van der Waals surface area contributed by atoms with Gasteiger partial charge in [0.25, 0.3) is 0 Å². The number of halogens is 1. The summed E-state index contributed by atoms with van der Waals surface area (Å²) in [4.78, 5) is 10.5. The quantitative estimate of drug-likeness (QED) is 0.769. The van der Waals surface area contributed by atoms with Crippen LogP contribution >= 0.6 is 15.9 Å². The first-order valence-electron chi connectivity index (χ1n) is 4.34. The van der Waals surface area contributed by atoms with Crippen molar-refractivity contribution in [3.8, 4) is 0 Å². The van der Waals surface area contributed by atoms with Crippen LogP contribution in [0.25, 0.3) is 11.0 Å². The summed E-state index contributed by atoms with van der Waals surface area (Å²) in [6, 6.07) is 5.82. The predicted molar refractivity (Wildman–Crippen MR) is 58.4 cm³/mol. The third kappa shape index (κ3) is 1.38. The molecule has 0 spiro atoms. The molecular formula is C11H9BrO2. The SMILES string of the molecule is Cc1oc2c(CC=O)cccc2c1Br. The fourth-order valence-corrected chi connectivity index (χ4v) is 1.91. The van der Waals surface area contributed by atoms with E-state index in [0.717, 1.165) is 33.1 Å². The Morgan fingerprint density at radius 3 is 3.00 bits per heavy atom. The highest BCUT2D eigenvalue weighted by atomic mass is 79.9. The van der Waals surface area contributed by atoms with E-state index in [4.69, 9.17) is 4.42 Å². The third-order valence-corrected chi connectivity index (χ3v) is 3.19. The van der Waals surface area contributed by atoms with Gasteiger partial charge in [-0.15, -0.1) is 0 Å². The fraction of sp³-hybridized carbons (Fsp3) is 0.182. The lowest BCUT2D eigenvalue weighted by Crippen LogP contribution is -1.85. The van der Waals surface area contributed by atoms with Crippen molar-refractivity contribution >= 4 is 33.2 Å². The molecule has 0 N–H and O–H groups in total. The average Bonchev–Trinajstić information content (AvgIpc) is 2.46. The molecule has 0 aliphatic rings. The molecule has 0 atom stereocenters. The van der Waals surface area contributed by atoms with Crippen LogP contribution < -0.4 is 0 Å². The summed E-state index contributed by atoms with van der Waals surface area (Å²) in [6.07, 6.45) is 1.29. The number of rotatable bonds is 2. The van der Waals surface area contributed by atoms with Crippen molar-refractivity contribution in [2.24, 2.45) is 0 Å². The smallest absolute Gasteiger partial charge is 0.139 e. The highest BCUT2D eigenvalue weighted by molar-refractivity contribution is 9.10. The molecule has 1 aromatic heterocycles. The second kappa shape index (κ2) is 3.58. The number of hydrogen-bond acceptors (Lipinski definition) is 2. The molecule has 0 bridgehead atoms. The Kier molecular flexibility index (Phi) is 2.42. The highest BCUT2D eigenvalue weighted by Gasteiger charge is 2.10. The van der Waals surface area contributed by atoms with Crippen LogP contribution in [0.3, 0.4) is 0 Å². The molecule has 0 aliphatic heterocycles. The zero-order chi connectivity index (χ0) is 10.1. The maximum absolute atomic E-state index is 10.5. The molecule has 0 fully saturated rings. The standard InChI is InChI=1S/C11H9BrO2/c1-7-10(12)9-4-2-3-8(5-6-13)11(9)14-7/h2-4,6H,5H2,1H3. The van der Waals surface area contributed by atoms with Crippen LogP contribution in [-0.4, -0.2) is 6.29 Å². The van der Waals surface area contributed by atoms with E-state index >= 15 is 0 Å². The molecule has 3 heteroatoms. The molecule has 2 aromatic rings. The van der Waals surface area contributed by atoms with Crippen molar-refractivity contribution in [2.75, 3.05) is 0 Å². The Labute approximate surface area is 90.0 Å². The van der Waals surface area contributed by atoms with E-state index in [9.17, 15) is 4.79 Å². The molecule has 2 nitrogen and oxygen atoms in total. The van der Waals surface area contributed by atoms with E-state index in [0.29, 0.717) is 6.42 Å². The van der Waals surface area contributed by atoms with E-state index in [-0.39, 0.29) is 0 Å². The number of aryl methyl sites for hydroxylation is 1. The summed E-state index contributed by atoms with van der Waals surface area (Å²) in [6.45, 7) is 1.90. The zero-order valence-electron chi connectivity index (χ0n) is 7.71. The van der Waals surface area contributed by atoms with E-state index in [2.05, 4.69) is 15.9 Å². The monoisotopic (exact) mass is 252 g/mol. The van der Waals surface area contributed by atoms with Crippen LogP contribution in [0.15, 0.2) is 27.1 Å². The minimum absolute atomic E-state index is 0.400. The summed E-state index contributed by atoms with van der Waals surface area (Å²) in [5, 5.41) is 1.03. The van der Waals surface area contributed by atoms with Gasteiger partial charge < -0.3 is 9.21 Å². The molecule has 0 radical (unpaired) electrons. The predicted octanol–water partition coefficient (Wildman–Crippen LogP) is 3.25. The Hall–Kier alpha value is -1.09. The van der Waals surface area contributed by atoms with Crippen molar-refractivity contribution in [1.82, 2.24) is 0 Å². The molecule has 2 rings (SSSR count). The number of fused-ring (bicyclic) bond motifs is 1. The van der Waals surface area contributed by atoms with Crippen LogP contribution in [0.5, 0.6) is 0 Å². The summed E-state index contributed by atoms with van der Waals surface area (Å²) in [7, 11) is 0. The van der Waals surface area contributed by atoms with Crippen LogP contribution in [0.1, 0.15) is 11.3 Å². The average molecular weight is 253 g/mol. The van der Waals surface area contributed by atoms with Gasteiger partial charge in [-0.25, -0.2) is 0 Å². The minimum atomic E-state index is 0.400. The summed E-state index contributed by atoms with van der Waals surface area (Å²) < 4.78 is 6.55. The van der Waals surface area contributed by atoms with Gasteiger partial charge in [0.15, 0.2) is 0 Å². The van der Waals surface area contributed by atoms with Gasteiger partial charge in [0.05, 0.1) is 4.47 Å². The Bertz CT molecular complexity index is 485. The van der Waals surface area contributed by atoms with Crippen LogP contribution in [0.4, 0.5) is 0 Å². The second-order valence-electron chi connectivity index (χ2n) is 3.14. The Morgan fingerprint density at radius 2 is 2.29 bits per heavy atom. The van der Waals surface area contributed by atoms with Gasteiger partial charge in [0.2, 0.25) is 0 Å². The van der Waals surface area contributed by atoms with E-state index < -0.39 is 0 Å². The Morgan fingerprint density at radius 1 is 1.50 bits per heavy atom. The first-order chi connectivity index (χ1) is 6.74. The lowest BCUT2D eigenvalue weighted by Gasteiger charge is -1.95. The number of furan rings is 1. The maximum Gasteiger partial charge on any atom is 0.139 e. The first-order valence-corrected chi connectivity index (χ1v) is 5.13. The molecule has 0 saturated carbocycles. The zero-order valence-corrected chi connectivity index (χ0v) is 9.30. The Balaban J connectivity index is 2.74. The third-order valence-electron chi connectivity index (χ3n) is 2.20. The molecule has 72 valence electrons. The molecule has 0 amide bonds. The van der Waals surface area contributed by atoms with Crippen molar-refractivity contribution in [3.05, 3.63) is 34.0 Å². The normalized spacial score (nSPS) is 10.7. The van der Waals surface area contributed by atoms with E-state index in [1.165, 1.54) is 0 Å². The van der Waals surface area contributed by atoms with Gasteiger partial charge in [-0.1, -0.05) is 12.1 Å². The lowest BCUT2D eigenvalue weighted by atomic mass is 10.1. The van der Waals surface area contributed by atoms with Crippen molar-refractivity contribution < 1.29 is 9.21 Å². The number of carbonyl (C=O) groups excluding carboxylic acids is 1. The number of benzene rings is 1. The molecule has 1 heterocycles. The molecular weight excluding hydrogens is 244 g/mol. The lowest BCUT2D eigenvalue weighted by molar-refractivity contribution is -0.107. The number of carbonyl (C=O) groups is 1. The molecule has 14 heavy (non-hydrogen) atoms. The van der Waals surface area contributed by atoms with Gasteiger partial charge in [-0.2, -0.15) is 0 Å². The number of hydrogen-bond donors (Lipinski definition) is 0. The maximum atomic E-state index is 10.5. The van der Waals surface area contributed by atoms with E-state index in [1.807, 2.05) is 25.1 Å². The van der Waals surface area contributed by atoms with Gasteiger partial charge in [-0.3, -0.25) is 0 Å². The summed E-state index contributed by atoms with van der Waals surface area (Å²) in [5.74, 6) is 0.846. The minimum Gasteiger partial charge on any atom is -0.460 e.